The molecular formula is C14H22N2O3S. The molecule has 0 N–H and O–H groups in total. The minimum atomic E-state index is -3.24. The molecular weight excluding hydrogens is 276 g/mol. The number of rotatable bonds is 5. The van der Waals surface area contributed by atoms with Gasteiger partial charge in [0.15, 0.2) is 9.84 Å². The Hall–Kier alpha value is -1.09. The Labute approximate surface area is 120 Å². The van der Waals surface area contributed by atoms with Crippen LogP contribution in [0, 0.1) is 23.2 Å². The van der Waals surface area contributed by atoms with Crippen LogP contribution >= 0.6 is 0 Å². The van der Waals surface area contributed by atoms with Crippen LogP contribution in [0.5, 0.6) is 0 Å². The van der Waals surface area contributed by atoms with Crippen molar-refractivity contribution >= 4 is 15.7 Å². The van der Waals surface area contributed by atoms with E-state index >= 15 is 0 Å². The van der Waals surface area contributed by atoms with E-state index in [-0.39, 0.29) is 41.7 Å². The first-order valence-corrected chi connectivity index (χ1v) is 9.12. The van der Waals surface area contributed by atoms with Crippen molar-refractivity contribution < 1.29 is 13.2 Å². The molecule has 3 unspecified atom stereocenters. The molecule has 0 radical (unpaired) electrons. The normalized spacial score (nSPS) is 30.1. The number of sulfone groups is 1. The zero-order valence-electron chi connectivity index (χ0n) is 11.9. The Morgan fingerprint density at radius 1 is 1.35 bits per heavy atom. The summed E-state index contributed by atoms with van der Waals surface area (Å²) in [5.74, 6) is -0.191. The fraction of sp³-hybridized carbons (Fsp3) is 0.857. The number of hydrogen-bond acceptors (Lipinski definition) is 4. The lowest BCUT2D eigenvalue weighted by Gasteiger charge is -2.30. The van der Waals surface area contributed by atoms with Crippen LogP contribution < -0.4 is 0 Å². The lowest BCUT2D eigenvalue weighted by Crippen LogP contribution is -2.33. The van der Waals surface area contributed by atoms with Crippen molar-refractivity contribution in [2.24, 2.45) is 11.8 Å². The zero-order valence-corrected chi connectivity index (χ0v) is 12.7. The summed E-state index contributed by atoms with van der Waals surface area (Å²) in [6.07, 6.45) is 4.79. The molecule has 2 fully saturated rings. The van der Waals surface area contributed by atoms with Gasteiger partial charge < -0.3 is 4.90 Å². The van der Waals surface area contributed by atoms with Gasteiger partial charge in [-0.3, -0.25) is 4.79 Å². The largest absolute Gasteiger partial charge is 0.342 e. The van der Waals surface area contributed by atoms with Gasteiger partial charge >= 0.3 is 0 Å². The number of nitriles is 1. The van der Waals surface area contributed by atoms with Crippen molar-refractivity contribution in [2.45, 2.75) is 44.6 Å². The van der Waals surface area contributed by atoms with Gasteiger partial charge in [-0.05, 0) is 25.2 Å². The topological polar surface area (TPSA) is 78.2 Å². The van der Waals surface area contributed by atoms with Gasteiger partial charge in [-0.25, -0.2) is 8.42 Å². The summed E-state index contributed by atoms with van der Waals surface area (Å²) in [7, 11) is -1.44. The quantitative estimate of drug-likeness (QED) is 0.718. The Morgan fingerprint density at radius 2 is 2.05 bits per heavy atom. The SMILES string of the molecule is CN1C(=O)C(CS(=O)(=O)CCCC#N)C2CCCCC21. The highest BCUT2D eigenvalue weighted by Crippen LogP contribution is 2.40. The number of fused-ring (bicyclic) bond motifs is 1. The van der Waals surface area contributed by atoms with Crippen LogP contribution in [0.15, 0.2) is 0 Å². The predicted molar refractivity (Wildman–Crippen MR) is 75.5 cm³/mol. The van der Waals surface area contributed by atoms with Crippen molar-refractivity contribution in [2.75, 3.05) is 18.6 Å². The third-order valence-corrected chi connectivity index (χ3v) is 6.42. The molecule has 1 saturated heterocycles. The molecule has 0 bridgehead atoms. The lowest BCUT2D eigenvalue weighted by molar-refractivity contribution is -0.130. The molecule has 1 saturated carbocycles. The van der Waals surface area contributed by atoms with Crippen LogP contribution in [0.4, 0.5) is 0 Å². The lowest BCUT2D eigenvalue weighted by atomic mass is 9.80. The van der Waals surface area contributed by atoms with E-state index in [2.05, 4.69) is 0 Å². The third-order valence-electron chi connectivity index (χ3n) is 4.64. The summed E-state index contributed by atoms with van der Waals surface area (Å²) in [6.45, 7) is 0. The van der Waals surface area contributed by atoms with E-state index in [1.165, 1.54) is 0 Å². The third kappa shape index (κ3) is 3.14. The average molecular weight is 298 g/mol. The van der Waals surface area contributed by atoms with Crippen LogP contribution in [0.2, 0.25) is 0 Å². The van der Waals surface area contributed by atoms with Crippen LogP contribution in [0.25, 0.3) is 0 Å². The number of nitrogens with zero attached hydrogens (tertiary/aromatic N) is 2. The second kappa shape index (κ2) is 6.13. The number of hydrogen-bond donors (Lipinski definition) is 0. The summed E-state index contributed by atoms with van der Waals surface area (Å²) in [6, 6.07) is 2.19. The van der Waals surface area contributed by atoms with Gasteiger partial charge in [0.1, 0.15) is 0 Å². The standard InChI is InChI=1S/C14H22N2O3S/c1-16-13-7-3-2-6-11(13)12(14(16)17)10-20(18,19)9-5-4-8-15/h11-13H,2-7,9-10H2,1H3. The minimum absolute atomic E-state index is 0.00856. The number of likely N-dealkylation sites (tertiary alicyclic amines) is 1. The van der Waals surface area contributed by atoms with E-state index < -0.39 is 9.84 Å². The van der Waals surface area contributed by atoms with Gasteiger partial charge in [0.2, 0.25) is 5.91 Å². The predicted octanol–water partition coefficient (Wildman–Crippen LogP) is 1.35. The first-order valence-electron chi connectivity index (χ1n) is 7.30. The van der Waals surface area contributed by atoms with E-state index in [0.717, 1.165) is 25.7 Å². The molecule has 0 aromatic rings. The fourth-order valence-corrected chi connectivity index (χ4v) is 5.31. The van der Waals surface area contributed by atoms with E-state index in [1.54, 1.807) is 11.9 Å². The maximum atomic E-state index is 12.3. The van der Waals surface area contributed by atoms with Gasteiger partial charge in [0.25, 0.3) is 0 Å². The van der Waals surface area contributed by atoms with Crippen molar-refractivity contribution in [3.8, 4) is 6.07 Å². The summed E-state index contributed by atoms with van der Waals surface area (Å²) in [5, 5.41) is 8.47. The van der Waals surface area contributed by atoms with E-state index in [0.29, 0.717) is 6.42 Å². The van der Waals surface area contributed by atoms with Crippen molar-refractivity contribution in [3.63, 3.8) is 0 Å². The molecule has 1 aliphatic heterocycles. The maximum Gasteiger partial charge on any atom is 0.227 e. The highest BCUT2D eigenvalue weighted by atomic mass is 32.2. The molecule has 1 amide bonds. The molecule has 0 spiro atoms. The van der Waals surface area contributed by atoms with E-state index in [4.69, 9.17) is 5.26 Å². The van der Waals surface area contributed by atoms with E-state index in [1.807, 2.05) is 6.07 Å². The maximum absolute atomic E-state index is 12.3. The summed E-state index contributed by atoms with van der Waals surface area (Å²) in [5.41, 5.74) is 0. The van der Waals surface area contributed by atoms with Crippen molar-refractivity contribution in [3.05, 3.63) is 0 Å². The molecule has 1 heterocycles. The average Bonchev–Trinajstić information content (AvgIpc) is 2.64. The summed E-state index contributed by atoms with van der Waals surface area (Å²) < 4.78 is 24.2. The highest BCUT2D eigenvalue weighted by Gasteiger charge is 2.48. The molecule has 112 valence electrons. The molecule has 6 heteroatoms. The number of carbonyl (C=O) groups is 1. The molecule has 2 rings (SSSR count). The second-order valence-electron chi connectivity index (χ2n) is 5.95. The Morgan fingerprint density at radius 3 is 2.75 bits per heavy atom. The van der Waals surface area contributed by atoms with Crippen molar-refractivity contribution in [1.82, 2.24) is 4.90 Å². The minimum Gasteiger partial charge on any atom is -0.342 e. The molecule has 20 heavy (non-hydrogen) atoms. The van der Waals surface area contributed by atoms with Gasteiger partial charge in [0, 0.05) is 19.5 Å². The van der Waals surface area contributed by atoms with Crippen LogP contribution in [0.3, 0.4) is 0 Å². The molecule has 1 aliphatic carbocycles. The van der Waals surface area contributed by atoms with Crippen LogP contribution in [0.1, 0.15) is 38.5 Å². The molecule has 0 aromatic carbocycles. The van der Waals surface area contributed by atoms with Crippen LogP contribution in [-0.4, -0.2) is 43.8 Å². The summed E-state index contributed by atoms with van der Waals surface area (Å²) in [4.78, 5) is 14.1. The molecule has 3 atom stereocenters. The number of unbranched alkanes of at least 4 members (excludes halogenated alkanes) is 1. The Balaban J connectivity index is 2.04. The smallest absolute Gasteiger partial charge is 0.227 e. The van der Waals surface area contributed by atoms with Crippen molar-refractivity contribution in [1.29, 1.82) is 5.26 Å². The van der Waals surface area contributed by atoms with Gasteiger partial charge in [0.05, 0.1) is 23.5 Å². The van der Waals surface area contributed by atoms with Gasteiger partial charge in [-0.1, -0.05) is 12.8 Å². The second-order valence-corrected chi connectivity index (χ2v) is 8.18. The first kappa shape index (κ1) is 15.3. The summed E-state index contributed by atoms with van der Waals surface area (Å²) >= 11 is 0. The molecule has 2 aliphatic rings. The number of carbonyl (C=O) groups excluding carboxylic acids is 1. The fourth-order valence-electron chi connectivity index (χ4n) is 3.62. The van der Waals surface area contributed by atoms with E-state index in [9.17, 15) is 13.2 Å². The van der Waals surface area contributed by atoms with Gasteiger partial charge in [-0.2, -0.15) is 5.26 Å². The Kier molecular flexibility index (Phi) is 4.69. The van der Waals surface area contributed by atoms with Crippen LogP contribution in [-0.2, 0) is 14.6 Å². The highest BCUT2D eigenvalue weighted by molar-refractivity contribution is 7.91. The van der Waals surface area contributed by atoms with Gasteiger partial charge in [-0.15, -0.1) is 0 Å². The monoisotopic (exact) mass is 298 g/mol. The zero-order chi connectivity index (χ0) is 14.8. The Bertz CT molecular complexity index is 509. The first-order chi connectivity index (χ1) is 9.46. The molecule has 5 nitrogen and oxygen atoms in total. The number of amides is 1. The molecule has 0 aromatic heterocycles.